The van der Waals surface area contributed by atoms with E-state index in [2.05, 4.69) is 13.8 Å². The molecule has 0 saturated carbocycles. The summed E-state index contributed by atoms with van der Waals surface area (Å²) in [5.74, 6) is -0.366. The van der Waals surface area contributed by atoms with Crippen molar-refractivity contribution in [3.8, 4) is 5.75 Å². The molecule has 1 aromatic carbocycles. The Balaban J connectivity index is 2.45. The molecule has 0 aliphatic rings. The van der Waals surface area contributed by atoms with Crippen LogP contribution in [0.5, 0.6) is 5.75 Å². The van der Waals surface area contributed by atoms with Crippen LogP contribution in [0.3, 0.4) is 0 Å². The second-order valence-corrected chi connectivity index (χ2v) is 12.1. The number of hydrogen-bond donors (Lipinski definition) is 1. The van der Waals surface area contributed by atoms with Crippen LogP contribution >= 0.6 is 0 Å². The van der Waals surface area contributed by atoms with Crippen LogP contribution in [0.15, 0.2) is 24.3 Å². The highest BCUT2D eigenvalue weighted by Gasteiger charge is 2.31. The molecule has 0 aromatic heterocycles. The number of unbranched alkanes of at least 4 members (excludes halogenated alkanes) is 16. The van der Waals surface area contributed by atoms with Crippen molar-refractivity contribution < 1.29 is 33.8 Å². The van der Waals surface area contributed by atoms with E-state index < -0.39 is 10.5 Å². The number of ether oxygens (including phenoxy) is 3. The first-order chi connectivity index (χ1) is 21.3. The Labute approximate surface area is 265 Å². The molecule has 0 saturated heterocycles. The average Bonchev–Trinajstić information content (AvgIpc) is 3.01. The number of nitrogens with zero attached hydrogens (tertiary/aromatic N) is 1. The van der Waals surface area contributed by atoms with Gasteiger partial charge in [0, 0.05) is 31.4 Å². The Kier molecular flexibility index (Phi) is 22.9. The summed E-state index contributed by atoms with van der Waals surface area (Å²) in [6.07, 6.45) is 21.2. The molecule has 0 heterocycles. The molecular weight excluding hydrogens is 562 g/mol. The molecular formula is C35H59NO8. The zero-order valence-electron chi connectivity index (χ0n) is 27.5. The van der Waals surface area contributed by atoms with Crippen molar-refractivity contribution in [3.05, 3.63) is 34.4 Å². The lowest BCUT2D eigenvalue weighted by Gasteiger charge is -2.27. The van der Waals surface area contributed by atoms with Gasteiger partial charge < -0.3 is 19.3 Å². The fraction of sp³-hybridized carbons (Fsp3) is 0.771. The van der Waals surface area contributed by atoms with E-state index in [1.807, 2.05) is 0 Å². The molecule has 9 heteroatoms. The van der Waals surface area contributed by atoms with Crippen LogP contribution in [-0.4, -0.2) is 47.4 Å². The lowest BCUT2D eigenvalue weighted by atomic mass is 10.0. The van der Waals surface area contributed by atoms with E-state index in [-0.39, 0.29) is 56.7 Å². The predicted molar refractivity (Wildman–Crippen MR) is 174 cm³/mol. The normalized spacial score (nSPS) is 11.3. The maximum absolute atomic E-state index is 12.4. The van der Waals surface area contributed by atoms with Gasteiger partial charge in [0.25, 0.3) is 5.69 Å². The highest BCUT2D eigenvalue weighted by atomic mass is 16.6. The zero-order valence-corrected chi connectivity index (χ0v) is 27.5. The summed E-state index contributed by atoms with van der Waals surface area (Å²) in [5.41, 5.74) is -1.66. The highest BCUT2D eigenvalue weighted by molar-refractivity contribution is 5.70. The number of non-ortho nitro benzene ring substituents is 1. The highest BCUT2D eigenvalue weighted by Crippen LogP contribution is 2.20. The van der Waals surface area contributed by atoms with Gasteiger partial charge in [0.15, 0.2) is 0 Å². The number of aliphatic hydroxyl groups is 1. The number of nitro benzene ring substituents is 1. The van der Waals surface area contributed by atoms with Gasteiger partial charge in [-0.1, -0.05) is 117 Å². The molecule has 0 bridgehead atoms. The minimum atomic E-state index is -1.61. The molecule has 0 amide bonds. The van der Waals surface area contributed by atoms with Crippen molar-refractivity contribution in [2.45, 2.75) is 154 Å². The fourth-order valence-corrected chi connectivity index (χ4v) is 4.94. The largest absolute Gasteiger partial charge is 0.493 e. The number of carbonyl (C=O) groups excluding carboxylic acids is 2. The molecule has 0 spiro atoms. The third-order valence-corrected chi connectivity index (χ3v) is 7.86. The minimum absolute atomic E-state index is 0.0416. The fourth-order valence-electron chi connectivity index (χ4n) is 4.94. The molecule has 0 aliphatic carbocycles. The Bertz CT molecular complexity index is 851. The number of rotatable bonds is 29. The molecule has 0 aliphatic heterocycles. The second kappa shape index (κ2) is 25.6. The van der Waals surface area contributed by atoms with Crippen LogP contribution in [-0.2, 0) is 19.1 Å². The SMILES string of the molecule is CCCCCCCCCCCC(=O)OCC(O)(CCOc1ccc([N+](=O)[O-])cc1)COC(=O)CCCCCCCCCCC. The van der Waals surface area contributed by atoms with Gasteiger partial charge in [-0.25, -0.2) is 0 Å². The van der Waals surface area contributed by atoms with Crippen molar-refractivity contribution in [3.63, 3.8) is 0 Å². The van der Waals surface area contributed by atoms with Crippen molar-refractivity contribution in [2.24, 2.45) is 0 Å². The lowest BCUT2D eigenvalue weighted by Crippen LogP contribution is -2.42. The second-order valence-electron chi connectivity index (χ2n) is 12.1. The molecule has 44 heavy (non-hydrogen) atoms. The Morgan fingerprint density at radius 3 is 1.45 bits per heavy atom. The molecule has 0 unspecified atom stereocenters. The number of benzene rings is 1. The standard InChI is InChI=1S/C35H59NO8/c1-3-5-7-9-11-13-15-17-19-21-33(37)43-29-35(39,27-28-42-32-25-23-31(24-26-32)36(40)41)30-44-34(38)22-20-18-16-14-12-10-8-6-4-2/h23-26,39H,3-22,27-30H2,1-2H3. The number of esters is 2. The van der Waals surface area contributed by atoms with Gasteiger partial charge in [-0.15, -0.1) is 0 Å². The Morgan fingerprint density at radius 1 is 0.682 bits per heavy atom. The van der Waals surface area contributed by atoms with Gasteiger partial charge in [-0.2, -0.15) is 0 Å². The van der Waals surface area contributed by atoms with Gasteiger partial charge >= 0.3 is 11.9 Å². The van der Waals surface area contributed by atoms with Crippen molar-refractivity contribution in [2.75, 3.05) is 19.8 Å². The molecule has 252 valence electrons. The first kappa shape index (κ1) is 39.3. The Hall–Kier alpha value is -2.68. The van der Waals surface area contributed by atoms with Gasteiger partial charge in [0.1, 0.15) is 24.6 Å². The molecule has 9 nitrogen and oxygen atoms in total. The van der Waals surface area contributed by atoms with E-state index in [0.29, 0.717) is 5.75 Å². The summed E-state index contributed by atoms with van der Waals surface area (Å²) in [6, 6.07) is 5.63. The third kappa shape index (κ3) is 21.1. The minimum Gasteiger partial charge on any atom is -0.493 e. The van der Waals surface area contributed by atoms with Gasteiger partial charge in [-0.05, 0) is 25.0 Å². The van der Waals surface area contributed by atoms with Crippen LogP contribution in [0.1, 0.15) is 149 Å². The number of nitro groups is 1. The topological polar surface area (TPSA) is 125 Å². The van der Waals surface area contributed by atoms with Crippen LogP contribution < -0.4 is 4.74 Å². The summed E-state index contributed by atoms with van der Waals surface area (Å²) < 4.78 is 16.5. The van der Waals surface area contributed by atoms with E-state index in [1.165, 1.54) is 101 Å². The smallest absolute Gasteiger partial charge is 0.305 e. The van der Waals surface area contributed by atoms with Crippen LogP contribution in [0, 0.1) is 10.1 Å². The molecule has 0 radical (unpaired) electrons. The third-order valence-electron chi connectivity index (χ3n) is 7.86. The maximum Gasteiger partial charge on any atom is 0.305 e. The summed E-state index contributed by atoms with van der Waals surface area (Å²) in [6.45, 7) is 3.85. The Morgan fingerprint density at radius 2 is 1.07 bits per heavy atom. The van der Waals surface area contributed by atoms with Crippen LogP contribution in [0.4, 0.5) is 5.69 Å². The van der Waals surface area contributed by atoms with Gasteiger partial charge in [-0.3, -0.25) is 19.7 Å². The summed E-state index contributed by atoms with van der Waals surface area (Å²) >= 11 is 0. The average molecular weight is 622 g/mol. The van der Waals surface area contributed by atoms with E-state index in [1.54, 1.807) is 0 Å². The lowest BCUT2D eigenvalue weighted by molar-refractivity contribution is -0.384. The summed E-state index contributed by atoms with van der Waals surface area (Å²) in [7, 11) is 0. The monoisotopic (exact) mass is 621 g/mol. The van der Waals surface area contributed by atoms with E-state index in [9.17, 15) is 24.8 Å². The molecule has 1 N–H and O–H groups in total. The quantitative estimate of drug-likeness (QED) is 0.0406. The predicted octanol–water partition coefficient (Wildman–Crippen LogP) is 9.02. The van der Waals surface area contributed by atoms with E-state index >= 15 is 0 Å². The van der Waals surface area contributed by atoms with E-state index in [0.717, 1.165) is 38.5 Å². The number of hydrogen-bond acceptors (Lipinski definition) is 8. The van der Waals surface area contributed by atoms with E-state index in [4.69, 9.17) is 14.2 Å². The zero-order chi connectivity index (χ0) is 32.3. The van der Waals surface area contributed by atoms with Crippen molar-refractivity contribution in [1.29, 1.82) is 0 Å². The summed E-state index contributed by atoms with van der Waals surface area (Å²) in [4.78, 5) is 35.2. The number of carbonyl (C=O) groups is 2. The van der Waals surface area contributed by atoms with Crippen LogP contribution in [0.2, 0.25) is 0 Å². The van der Waals surface area contributed by atoms with Gasteiger partial charge in [0.05, 0.1) is 11.5 Å². The molecule has 1 rings (SSSR count). The molecule has 1 aromatic rings. The molecule has 0 fully saturated rings. The van der Waals surface area contributed by atoms with Gasteiger partial charge in [0.2, 0.25) is 0 Å². The van der Waals surface area contributed by atoms with Crippen molar-refractivity contribution >= 4 is 17.6 Å². The van der Waals surface area contributed by atoms with Crippen molar-refractivity contribution in [1.82, 2.24) is 0 Å². The van der Waals surface area contributed by atoms with Crippen LogP contribution in [0.25, 0.3) is 0 Å². The first-order valence-electron chi connectivity index (χ1n) is 17.2. The summed E-state index contributed by atoms with van der Waals surface area (Å²) in [5, 5.41) is 22.1. The first-order valence-corrected chi connectivity index (χ1v) is 17.2. The maximum atomic E-state index is 12.4. The molecule has 0 atom stereocenters.